The van der Waals surface area contributed by atoms with Gasteiger partial charge in [-0.2, -0.15) is 5.26 Å². The lowest BCUT2D eigenvalue weighted by Crippen LogP contribution is -2.25. The highest BCUT2D eigenvalue weighted by Crippen LogP contribution is 2.26. The van der Waals surface area contributed by atoms with E-state index in [4.69, 9.17) is 10.00 Å². The molecule has 1 aromatic heterocycles. The van der Waals surface area contributed by atoms with Crippen LogP contribution in [0, 0.1) is 11.3 Å². The van der Waals surface area contributed by atoms with Crippen molar-refractivity contribution in [2.24, 2.45) is 0 Å². The van der Waals surface area contributed by atoms with Gasteiger partial charge in [-0.1, -0.05) is 12.1 Å². The highest BCUT2D eigenvalue weighted by Gasteiger charge is 2.30. The van der Waals surface area contributed by atoms with Gasteiger partial charge in [-0.3, -0.25) is 0 Å². The van der Waals surface area contributed by atoms with Crippen LogP contribution in [0.1, 0.15) is 17.0 Å². The van der Waals surface area contributed by atoms with Crippen molar-refractivity contribution < 1.29 is 9.53 Å². The molecule has 1 amide bonds. The van der Waals surface area contributed by atoms with Gasteiger partial charge in [0.1, 0.15) is 11.6 Å². The van der Waals surface area contributed by atoms with E-state index in [9.17, 15) is 4.79 Å². The second kappa shape index (κ2) is 5.39. The van der Waals surface area contributed by atoms with E-state index in [-0.39, 0.29) is 6.03 Å². The highest BCUT2D eigenvalue weighted by atomic mass is 16.5. The Kier molecular flexibility index (Phi) is 3.21. The minimum absolute atomic E-state index is 0.0898. The molecule has 0 N–H and O–H groups in total. The van der Waals surface area contributed by atoms with Gasteiger partial charge in [-0.05, 0) is 35.9 Å². The summed E-state index contributed by atoms with van der Waals surface area (Å²) in [6.45, 7) is 0.978. The molecular weight excluding hydrogens is 304 g/mol. The molecule has 0 bridgehead atoms. The number of carbonyl (C=O) groups is 1. The molecule has 0 saturated heterocycles. The number of hydrogen-bond donors (Lipinski definition) is 0. The Labute approximate surface area is 138 Å². The van der Waals surface area contributed by atoms with Crippen LogP contribution in [-0.2, 0) is 13.1 Å². The van der Waals surface area contributed by atoms with Gasteiger partial charge in [0.25, 0.3) is 0 Å². The number of fused-ring (bicyclic) bond motifs is 3. The number of nitrogens with zero attached hydrogens (tertiary/aromatic N) is 4. The fourth-order valence-electron chi connectivity index (χ4n) is 2.97. The number of amides is 1. The van der Waals surface area contributed by atoms with Gasteiger partial charge >= 0.3 is 6.03 Å². The molecule has 0 unspecified atom stereocenters. The summed E-state index contributed by atoms with van der Waals surface area (Å²) in [4.78, 5) is 19.0. The maximum atomic E-state index is 12.7. The van der Waals surface area contributed by atoms with Crippen LogP contribution in [0.25, 0.3) is 11.0 Å². The zero-order chi connectivity index (χ0) is 16.7. The van der Waals surface area contributed by atoms with E-state index in [2.05, 4.69) is 11.1 Å². The molecule has 118 valence electrons. The minimum Gasteiger partial charge on any atom is -0.497 e. The number of carbonyl (C=O) groups excluding carboxylic acids is 1. The molecular formula is C18H14N4O2. The first-order valence-corrected chi connectivity index (χ1v) is 7.53. The Morgan fingerprint density at radius 2 is 2.04 bits per heavy atom. The molecule has 1 aliphatic rings. The van der Waals surface area contributed by atoms with Crippen LogP contribution in [0.2, 0.25) is 0 Å². The summed E-state index contributed by atoms with van der Waals surface area (Å²) in [5, 5.41) is 8.97. The van der Waals surface area contributed by atoms with Gasteiger partial charge in [0, 0.05) is 6.54 Å². The predicted molar refractivity (Wildman–Crippen MR) is 87.5 cm³/mol. The van der Waals surface area contributed by atoms with E-state index >= 15 is 0 Å². The number of methoxy groups -OCH3 is 1. The minimum atomic E-state index is -0.0898. The van der Waals surface area contributed by atoms with Crippen LogP contribution in [0.15, 0.2) is 42.5 Å². The van der Waals surface area contributed by atoms with Gasteiger partial charge in [-0.15, -0.1) is 0 Å². The molecule has 1 aliphatic heterocycles. The van der Waals surface area contributed by atoms with Crippen molar-refractivity contribution in [2.75, 3.05) is 7.11 Å². The largest absolute Gasteiger partial charge is 0.497 e. The zero-order valence-corrected chi connectivity index (χ0v) is 13.1. The Hall–Kier alpha value is -3.33. The van der Waals surface area contributed by atoms with E-state index in [1.165, 1.54) is 0 Å². The third-order valence-corrected chi connectivity index (χ3v) is 4.18. The molecule has 6 heteroatoms. The van der Waals surface area contributed by atoms with Crippen LogP contribution in [0.4, 0.5) is 4.79 Å². The number of hydrogen-bond acceptors (Lipinski definition) is 4. The molecule has 2 heterocycles. The molecule has 6 nitrogen and oxygen atoms in total. The van der Waals surface area contributed by atoms with Crippen molar-refractivity contribution in [3.8, 4) is 11.8 Å². The maximum absolute atomic E-state index is 12.7. The van der Waals surface area contributed by atoms with Crippen molar-refractivity contribution in [3.05, 3.63) is 59.4 Å². The van der Waals surface area contributed by atoms with Crippen molar-refractivity contribution in [1.82, 2.24) is 14.5 Å². The van der Waals surface area contributed by atoms with Gasteiger partial charge in [0.15, 0.2) is 0 Å². The summed E-state index contributed by atoms with van der Waals surface area (Å²) in [5.41, 5.74) is 3.00. The van der Waals surface area contributed by atoms with Crippen LogP contribution in [0.3, 0.4) is 0 Å². The smallest absolute Gasteiger partial charge is 0.330 e. The number of ether oxygens (including phenoxy) is 1. The lowest BCUT2D eigenvalue weighted by molar-refractivity contribution is 0.207. The van der Waals surface area contributed by atoms with Crippen molar-refractivity contribution in [1.29, 1.82) is 5.26 Å². The molecule has 24 heavy (non-hydrogen) atoms. The Bertz CT molecular complexity index is 983. The van der Waals surface area contributed by atoms with E-state index in [1.54, 1.807) is 34.8 Å². The average molecular weight is 318 g/mol. The molecule has 0 spiro atoms. The number of imidazole rings is 1. The number of rotatable bonds is 3. The third kappa shape index (κ3) is 2.18. The molecule has 0 fully saturated rings. The Morgan fingerprint density at radius 1 is 1.25 bits per heavy atom. The summed E-state index contributed by atoms with van der Waals surface area (Å²) >= 11 is 0. The highest BCUT2D eigenvalue weighted by molar-refractivity contribution is 5.92. The first kappa shape index (κ1) is 14.3. The molecule has 0 radical (unpaired) electrons. The van der Waals surface area contributed by atoms with Gasteiger partial charge < -0.3 is 9.64 Å². The third-order valence-electron chi connectivity index (χ3n) is 4.18. The molecule has 3 aromatic rings. The van der Waals surface area contributed by atoms with Gasteiger partial charge in [0.05, 0.1) is 36.3 Å². The summed E-state index contributed by atoms with van der Waals surface area (Å²) in [5.74, 6) is 1.50. The van der Waals surface area contributed by atoms with E-state index in [1.807, 2.05) is 24.3 Å². The topological polar surface area (TPSA) is 71.2 Å². The van der Waals surface area contributed by atoms with E-state index < -0.39 is 0 Å². The summed E-state index contributed by atoms with van der Waals surface area (Å²) in [6.07, 6.45) is 0. The van der Waals surface area contributed by atoms with Crippen molar-refractivity contribution in [3.63, 3.8) is 0 Å². The second-order valence-corrected chi connectivity index (χ2v) is 5.67. The van der Waals surface area contributed by atoms with Crippen molar-refractivity contribution in [2.45, 2.75) is 13.1 Å². The van der Waals surface area contributed by atoms with Crippen LogP contribution in [0.5, 0.6) is 5.75 Å². The van der Waals surface area contributed by atoms with E-state index in [0.29, 0.717) is 30.0 Å². The first-order chi connectivity index (χ1) is 11.7. The summed E-state index contributed by atoms with van der Waals surface area (Å²) < 4.78 is 6.77. The quantitative estimate of drug-likeness (QED) is 0.744. The number of benzene rings is 2. The SMILES string of the molecule is COc1ccc(CN2Cc3nc4cc(C#N)ccc4n3C2=O)cc1. The Morgan fingerprint density at radius 3 is 2.75 bits per heavy atom. The monoisotopic (exact) mass is 318 g/mol. The van der Waals surface area contributed by atoms with E-state index in [0.717, 1.165) is 16.8 Å². The lowest BCUT2D eigenvalue weighted by atomic mass is 10.2. The fraction of sp³-hybridized carbons (Fsp3) is 0.167. The normalized spacial score (nSPS) is 13.2. The van der Waals surface area contributed by atoms with Gasteiger partial charge in [0.2, 0.25) is 0 Å². The first-order valence-electron chi connectivity index (χ1n) is 7.53. The molecule has 0 atom stereocenters. The molecule has 0 saturated carbocycles. The Balaban J connectivity index is 1.62. The van der Waals surface area contributed by atoms with Crippen LogP contribution < -0.4 is 4.74 Å². The van der Waals surface area contributed by atoms with Crippen molar-refractivity contribution >= 4 is 17.1 Å². The zero-order valence-electron chi connectivity index (χ0n) is 13.1. The summed E-state index contributed by atoms with van der Waals surface area (Å²) in [7, 11) is 1.63. The number of nitriles is 1. The lowest BCUT2D eigenvalue weighted by Gasteiger charge is -2.15. The van der Waals surface area contributed by atoms with Crippen LogP contribution in [-0.4, -0.2) is 27.6 Å². The van der Waals surface area contributed by atoms with Crippen LogP contribution >= 0.6 is 0 Å². The standard InChI is InChI=1S/C18H14N4O2/c1-24-14-5-2-12(3-6-14)10-21-11-17-20-15-8-13(9-19)4-7-16(15)22(17)18(21)23/h2-8H,10-11H2,1H3. The summed E-state index contributed by atoms with van der Waals surface area (Å²) in [6, 6.07) is 14.9. The molecule has 2 aromatic carbocycles. The fourth-order valence-corrected chi connectivity index (χ4v) is 2.97. The predicted octanol–water partition coefficient (Wildman–Crippen LogP) is 2.90. The van der Waals surface area contributed by atoms with Gasteiger partial charge in [-0.25, -0.2) is 14.3 Å². The molecule has 0 aliphatic carbocycles. The maximum Gasteiger partial charge on any atom is 0.330 e. The average Bonchev–Trinajstić information content (AvgIpc) is 3.11. The molecule has 4 rings (SSSR count). The second-order valence-electron chi connectivity index (χ2n) is 5.67. The number of aromatic nitrogens is 2.